The van der Waals surface area contributed by atoms with Gasteiger partial charge in [-0.3, -0.25) is 14.9 Å². The molecule has 0 spiro atoms. The van der Waals surface area contributed by atoms with E-state index in [1.807, 2.05) is 29.2 Å². The zero-order chi connectivity index (χ0) is 21.5. The van der Waals surface area contributed by atoms with Gasteiger partial charge in [0.25, 0.3) is 5.69 Å². The number of nitro benzene ring substituents is 1. The number of methoxy groups -OCH3 is 1. The zero-order valence-corrected chi connectivity index (χ0v) is 16.7. The average molecular weight is 409 g/mol. The van der Waals surface area contributed by atoms with Crippen molar-refractivity contribution in [3.63, 3.8) is 0 Å². The molecule has 1 amide bonds. The van der Waals surface area contributed by atoms with Crippen molar-refractivity contribution >= 4 is 29.3 Å². The SMILES string of the molecule is COC(=O)C=Cc1ccc(NCCCC(=O)N2Cc3ccccc3C2)c([N+](=O)[O-])c1. The van der Waals surface area contributed by atoms with Crippen molar-refractivity contribution in [2.75, 3.05) is 19.0 Å². The van der Waals surface area contributed by atoms with Gasteiger partial charge in [-0.1, -0.05) is 30.3 Å². The lowest BCUT2D eigenvalue weighted by Crippen LogP contribution is -2.25. The van der Waals surface area contributed by atoms with Gasteiger partial charge in [-0.15, -0.1) is 0 Å². The van der Waals surface area contributed by atoms with E-state index in [4.69, 9.17) is 0 Å². The highest BCUT2D eigenvalue weighted by Crippen LogP contribution is 2.27. The molecule has 1 aliphatic heterocycles. The summed E-state index contributed by atoms with van der Waals surface area (Å²) in [7, 11) is 1.26. The Balaban J connectivity index is 1.52. The Bertz CT molecular complexity index is 961. The first-order chi connectivity index (χ1) is 14.5. The molecule has 0 fully saturated rings. The summed E-state index contributed by atoms with van der Waals surface area (Å²) in [6.07, 6.45) is 3.59. The van der Waals surface area contributed by atoms with Gasteiger partial charge in [-0.25, -0.2) is 4.79 Å². The molecule has 0 bridgehead atoms. The predicted molar refractivity (Wildman–Crippen MR) is 113 cm³/mol. The van der Waals surface area contributed by atoms with Gasteiger partial charge in [0, 0.05) is 38.2 Å². The summed E-state index contributed by atoms with van der Waals surface area (Å²) in [4.78, 5) is 36.3. The highest BCUT2D eigenvalue weighted by molar-refractivity contribution is 5.87. The molecule has 1 N–H and O–H groups in total. The van der Waals surface area contributed by atoms with Gasteiger partial charge in [-0.2, -0.15) is 0 Å². The third-order valence-electron chi connectivity index (χ3n) is 4.91. The van der Waals surface area contributed by atoms with E-state index in [2.05, 4.69) is 10.1 Å². The maximum absolute atomic E-state index is 12.4. The standard InChI is InChI=1S/C22H23N3O5/c1-30-22(27)11-9-16-8-10-19(20(13-16)25(28)29)23-12-4-7-21(26)24-14-17-5-2-3-6-18(17)15-24/h2-3,5-6,8-11,13,23H,4,7,12,14-15H2,1H3. The molecule has 0 aromatic heterocycles. The Labute approximate surface area is 174 Å². The number of nitrogens with one attached hydrogen (secondary N) is 1. The van der Waals surface area contributed by atoms with Gasteiger partial charge in [0.1, 0.15) is 5.69 Å². The maximum Gasteiger partial charge on any atom is 0.330 e. The Morgan fingerprint density at radius 1 is 1.20 bits per heavy atom. The Morgan fingerprint density at radius 3 is 2.53 bits per heavy atom. The number of carbonyl (C=O) groups excluding carboxylic acids is 2. The van der Waals surface area contributed by atoms with Crippen molar-refractivity contribution < 1.29 is 19.2 Å². The topological polar surface area (TPSA) is 102 Å². The van der Waals surface area contributed by atoms with Crippen LogP contribution in [0.2, 0.25) is 0 Å². The Kier molecular flexibility index (Phi) is 6.79. The summed E-state index contributed by atoms with van der Waals surface area (Å²) < 4.78 is 4.51. The molecule has 0 atom stereocenters. The number of benzene rings is 2. The molecule has 8 heteroatoms. The number of anilines is 1. The van der Waals surface area contributed by atoms with Gasteiger partial charge < -0.3 is 15.0 Å². The van der Waals surface area contributed by atoms with Crippen LogP contribution in [0.15, 0.2) is 48.5 Å². The van der Waals surface area contributed by atoms with E-state index < -0.39 is 10.9 Å². The second-order valence-corrected chi connectivity index (χ2v) is 6.94. The third kappa shape index (κ3) is 5.22. The van der Waals surface area contributed by atoms with Crippen LogP contribution < -0.4 is 5.32 Å². The molecule has 8 nitrogen and oxygen atoms in total. The van der Waals surface area contributed by atoms with E-state index in [1.54, 1.807) is 12.1 Å². The summed E-state index contributed by atoms with van der Waals surface area (Å²) in [5.41, 5.74) is 3.16. The normalized spacial score (nSPS) is 12.6. The van der Waals surface area contributed by atoms with Crippen LogP contribution in [0.5, 0.6) is 0 Å². The molecular weight excluding hydrogens is 386 g/mol. The number of esters is 1. The first-order valence-corrected chi connectivity index (χ1v) is 9.61. The zero-order valence-electron chi connectivity index (χ0n) is 16.7. The smallest absolute Gasteiger partial charge is 0.330 e. The first-order valence-electron chi connectivity index (χ1n) is 9.61. The molecule has 156 valence electrons. The molecule has 1 aliphatic rings. The molecule has 2 aromatic carbocycles. The van der Waals surface area contributed by atoms with Gasteiger partial charge in [0.15, 0.2) is 0 Å². The number of fused-ring (bicyclic) bond motifs is 1. The number of ether oxygens (including phenoxy) is 1. The van der Waals surface area contributed by atoms with E-state index in [1.165, 1.54) is 36.5 Å². The number of amides is 1. The van der Waals surface area contributed by atoms with Crippen molar-refractivity contribution in [1.29, 1.82) is 0 Å². The van der Waals surface area contributed by atoms with Crippen molar-refractivity contribution in [1.82, 2.24) is 4.90 Å². The highest BCUT2D eigenvalue weighted by Gasteiger charge is 2.22. The largest absolute Gasteiger partial charge is 0.466 e. The van der Waals surface area contributed by atoms with E-state index in [-0.39, 0.29) is 11.6 Å². The fourth-order valence-electron chi connectivity index (χ4n) is 3.32. The van der Waals surface area contributed by atoms with Crippen LogP contribution in [0.3, 0.4) is 0 Å². The Hall–Kier alpha value is -3.68. The van der Waals surface area contributed by atoms with E-state index in [9.17, 15) is 19.7 Å². The highest BCUT2D eigenvalue weighted by atomic mass is 16.6. The fraction of sp³-hybridized carbons (Fsp3) is 0.273. The molecule has 0 saturated carbocycles. The quantitative estimate of drug-likeness (QED) is 0.235. The van der Waals surface area contributed by atoms with Crippen LogP contribution in [0.25, 0.3) is 6.08 Å². The molecule has 30 heavy (non-hydrogen) atoms. The van der Waals surface area contributed by atoms with Crippen LogP contribution in [-0.2, 0) is 27.4 Å². The second-order valence-electron chi connectivity index (χ2n) is 6.94. The van der Waals surface area contributed by atoms with Crippen LogP contribution in [-0.4, -0.2) is 35.4 Å². The number of nitro groups is 1. The Morgan fingerprint density at radius 2 is 1.90 bits per heavy atom. The lowest BCUT2D eigenvalue weighted by Gasteiger charge is -2.15. The third-order valence-corrected chi connectivity index (χ3v) is 4.91. The van der Waals surface area contributed by atoms with Crippen molar-refractivity contribution in [2.45, 2.75) is 25.9 Å². The summed E-state index contributed by atoms with van der Waals surface area (Å²) in [6, 6.07) is 12.7. The molecule has 2 aromatic rings. The molecule has 3 rings (SSSR count). The number of hydrogen-bond donors (Lipinski definition) is 1. The number of nitrogens with zero attached hydrogens (tertiary/aromatic N) is 2. The first kappa shape index (κ1) is 21.0. The molecule has 0 radical (unpaired) electrons. The van der Waals surface area contributed by atoms with Crippen LogP contribution >= 0.6 is 0 Å². The van der Waals surface area contributed by atoms with Crippen LogP contribution in [0.4, 0.5) is 11.4 Å². The van der Waals surface area contributed by atoms with Crippen LogP contribution in [0.1, 0.15) is 29.5 Å². The maximum atomic E-state index is 12.4. The van der Waals surface area contributed by atoms with Gasteiger partial charge >= 0.3 is 5.97 Å². The monoisotopic (exact) mass is 409 g/mol. The van der Waals surface area contributed by atoms with Gasteiger partial charge in [-0.05, 0) is 35.3 Å². The van der Waals surface area contributed by atoms with Crippen molar-refractivity contribution in [2.24, 2.45) is 0 Å². The molecule has 0 aliphatic carbocycles. The minimum atomic E-state index is -0.536. The van der Waals surface area contributed by atoms with Gasteiger partial charge in [0.2, 0.25) is 5.91 Å². The molecular formula is C22H23N3O5. The lowest BCUT2D eigenvalue weighted by molar-refractivity contribution is -0.384. The lowest BCUT2D eigenvalue weighted by atomic mass is 10.1. The molecule has 0 saturated heterocycles. The van der Waals surface area contributed by atoms with E-state index >= 15 is 0 Å². The summed E-state index contributed by atoms with van der Waals surface area (Å²) in [6.45, 7) is 1.70. The fourth-order valence-corrected chi connectivity index (χ4v) is 3.32. The summed E-state index contributed by atoms with van der Waals surface area (Å²) in [5.74, 6) is -0.462. The summed E-state index contributed by atoms with van der Waals surface area (Å²) >= 11 is 0. The van der Waals surface area contributed by atoms with Crippen LogP contribution in [0, 0.1) is 10.1 Å². The molecule has 1 heterocycles. The number of hydrogen-bond acceptors (Lipinski definition) is 6. The minimum Gasteiger partial charge on any atom is -0.466 e. The van der Waals surface area contributed by atoms with Crippen molar-refractivity contribution in [3.05, 3.63) is 75.3 Å². The number of carbonyl (C=O) groups is 2. The second kappa shape index (κ2) is 9.69. The average Bonchev–Trinajstić information content (AvgIpc) is 3.19. The predicted octanol–water partition coefficient (Wildman–Crippen LogP) is 3.52. The molecule has 0 unspecified atom stereocenters. The minimum absolute atomic E-state index is 0.0748. The van der Waals surface area contributed by atoms with Crippen molar-refractivity contribution in [3.8, 4) is 0 Å². The van der Waals surface area contributed by atoms with E-state index in [0.717, 1.165) is 0 Å². The van der Waals surface area contributed by atoms with E-state index in [0.29, 0.717) is 43.7 Å². The summed E-state index contributed by atoms with van der Waals surface area (Å²) in [5, 5.41) is 14.4. The van der Waals surface area contributed by atoms with Gasteiger partial charge in [0.05, 0.1) is 12.0 Å². The number of rotatable bonds is 8.